The number of aromatic amines is 1. The van der Waals surface area contributed by atoms with Gasteiger partial charge in [0, 0.05) is 16.5 Å². The lowest BCUT2D eigenvalue weighted by Gasteiger charge is -2.05. The first-order chi connectivity index (χ1) is 14.5. The van der Waals surface area contributed by atoms with Crippen LogP contribution in [-0.4, -0.2) is 27.2 Å². The number of benzene rings is 3. The lowest BCUT2D eigenvalue weighted by atomic mass is 10.0. The number of rotatable bonds is 4. The van der Waals surface area contributed by atoms with Crippen LogP contribution in [-0.2, 0) is 0 Å². The predicted molar refractivity (Wildman–Crippen MR) is 110 cm³/mol. The Morgan fingerprint density at radius 1 is 0.933 bits per heavy atom. The van der Waals surface area contributed by atoms with Gasteiger partial charge in [-0.1, -0.05) is 23.7 Å². The number of fused-ring (bicyclic) bond motifs is 1. The molecule has 0 atom stereocenters. The highest BCUT2D eigenvalue weighted by Crippen LogP contribution is 2.29. The summed E-state index contributed by atoms with van der Waals surface area (Å²) >= 11 is 5.73. The average molecular weight is 425 g/mol. The molecule has 0 saturated carbocycles. The maximum atomic E-state index is 13.7. The van der Waals surface area contributed by atoms with Crippen LogP contribution in [0, 0.1) is 5.82 Å². The third-order valence-corrected chi connectivity index (χ3v) is 4.87. The number of nitrogens with one attached hydrogen (secondary N) is 3. The zero-order chi connectivity index (χ0) is 21.3. The van der Waals surface area contributed by atoms with Gasteiger partial charge in [0.2, 0.25) is 0 Å². The van der Waals surface area contributed by atoms with Crippen LogP contribution < -0.4 is 10.8 Å². The third-order valence-electron chi connectivity index (χ3n) is 4.56. The summed E-state index contributed by atoms with van der Waals surface area (Å²) in [6, 6.07) is 15.7. The summed E-state index contributed by atoms with van der Waals surface area (Å²) in [5.74, 6) is -1.25. The SMILES string of the molecule is O=C(NO)c1ccc(C(=O)Nc2n[nH]c3cc(-c4ccc(Cl)c(F)c4)ccc23)cc1. The average Bonchev–Trinajstić information content (AvgIpc) is 3.17. The standard InChI is InChI=1S/C21H14ClFN4O3/c22-16-8-6-13(9-17(16)23)14-5-7-15-18(10-14)25-26-19(15)24-20(28)11-1-3-12(4-2-11)21(29)27-30/h1-10,30H,(H,27,29)(H2,24,25,26,28). The van der Waals surface area contributed by atoms with Crippen molar-refractivity contribution in [3.05, 3.63) is 82.6 Å². The zero-order valence-electron chi connectivity index (χ0n) is 15.2. The van der Waals surface area contributed by atoms with Crippen LogP contribution in [0.25, 0.3) is 22.0 Å². The van der Waals surface area contributed by atoms with Gasteiger partial charge in [-0.2, -0.15) is 5.10 Å². The molecule has 1 aromatic heterocycles. The van der Waals surface area contributed by atoms with E-state index in [0.29, 0.717) is 27.8 Å². The highest BCUT2D eigenvalue weighted by atomic mass is 35.5. The number of hydrogen-bond donors (Lipinski definition) is 4. The van der Waals surface area contributed by atoms with E-state index in [0.717, 1.165) is 5.56 Å². The van der Waals surface area contributed by atoms with Crippen molar-refractivity contribution in [2.75, 3.05) is 5.32 Å². The number of aromatic nitrogens is 2. The number of halogens is 2. The molecule has 0 radical (unpaired) electrons. The van der Waals surface area contributed by atoms with Gasteiger partial charge < -0.3 is 5.32 Å². The fourth-order valence-corrected chi connectivity index (χ4v) is 3.10. The second kappa shape index (κ2) is 7.94. The van der Waals surface area contributed by atoms with E-state index >= 15 is 0 Å². The molecule has 0 fully saturated rings. The van der Waals surface area contributed by atoms with Crippen LogP contribution in [0.3, 0.4) is 0 Å². The summed E-state index contributed by atoms with van der Waals surface area (Å²) < 4.78 is 13.7. The number of anilines is 1. The third kappa shape index (κ3) is 3.73. The number of hydroxylamine groups is 1. The Kier molecular flexibility index (Phi) is 5.18. The molecule has 4 N–H and O–H groups in total. The van der Waals surface area contributed by atoms with Crippen molar-refractivity contribution < 1.29 is 19.2 Å². The van der Waals surface area contributed by atoms with E-state index in [4.69, 9.17) is 16.8 Å². The van der Waals surface area contributed by atoms with Crippen molar-refractivity contribution in [3.63, 3.8) is 0 Å². The van der Waals surface area contributed by atoms with E-state index in [1.807, 2.05) is 0 Å². The first kappa shape index (κ1) is 19.6. The van der Waals surface area contributed by atoms with E-state index in [1.54, 1.807) is 24.3 Å². The summed E-state index contributed by atoms with van der Waals surface area (Å²) in [7, 11) is 0. The number of carbonyl (C=O) groups excluding carboxylic acids is 2. The summed E-state index contributed by atoms with van der Waals surface area (Å²) in [5.41, 5.74) is 4.13. The van der Waals surface area contributed by atoms with E-state index in [-0.39, 0.29) is 10.6 Å². The van der Waals surface area contributed by atoms with Gasteiger partial charge in [-0.25, -0.2) is 9.87 Å². The molecule has 0 saturated heterocycles. The Morgan fingerprint density at radius 3 is 2.23 bits per heavy atom. The van der Waals surface area contributed by atoms with Crippen molar-refractivity contribution in [1.29, 1.82) is 0 Å². The van der Waals surface area contributed by atoms with E-state index in [9.17, 15) is 14.0 Å². The Balaban J connectivity index is 1.57. The number of nitrogens with zero attached hydrogens (tertiary/aromatic N) is 1. The van der Waals surface area contributed by atoms with Crippen LogP contribution in [0.2, 0.25) is 5.02 Å². The minimum absolute atomic E-state index is 0.0522. The first-order valence-electron chi connectivity index (χ1n) is 8.75. The summed E-state index contributed by atoms with van der Waals surface area (Å²) in [5, 5.41) is 19.1. The van der Waals surface area contributed by atoms with E-state index in [2.05, 4.69) is 15.5 Å². The molecular weight excluding hydrogens is 411 g/mol. The summed E-state index contributed by atoms with van der Waals surface area (Å²) in [6.07, 6.45) is 0. The van der Waals surface area contributed by atoms with Crippen LogP contribution >= 0.6 is 11.6 Å². The van der Waals surface area contributed by atoms with E-state index < -0.39 is 17.6 Å². The molecule has 4 aromatic rings. The van der Waals surface area contributed by atoms with Gasteiger partial charge in [-0.15, -0.1) is 0 Å². The molecule has 0 bridgehead atoms. The second-order valence-corrected chi connectivity index (χ2v) is 6.84. The van der Waals surface area contributed by atoms with Crippen LogP contribution in [0.4, 0.5) is 10.2 Å². The Morgan fingerprint density at radius 2 is 1.57 bits per heavy atom. The molecule has 0 unspecified atom stereocenters. The van der Waals surface area contributed by atoms with Crippen LogP contribution in [0.1, 0.15) is 20.7 Å². The lowest BCUT2D eigenvalue weighted by Crippen LogP contribution is -2.19. The molecule has 2 amide bonds. The first-order valence-corrected chi connectivity index (χ1v) is 9.13. The molecule has 1 heterocycles. The quantitative estimate of drug-likeness (QED) is 0.288. The molecule has 150 valence electrons. The smallest absolute Gasteiger partial charge is 0.274 e. The fraction of sp³-hybridized carbons (Fsp3) is 0. The van der Waals surface area contributed by atoms with Gasteiger partial charge in [0.05, 0.1) is 10.5 Å². The van der Waals surface area contributed by atoms with Gasteiger partial charge in [0.1, 0.15) is 5.82 Å². The minimum atomic E-state index is -0.670. The highest BCUT2D eigenvalue weighted by Gasteiger charge is 2.13. The van der Waals surface area contributed by atoms with Gasteiger partial charge >= 0.3 is 0 Å². The molecule has 4 rings (SSSR count). The molecule has 0 aliphatic rings. The van der Waals surface area contributed by atoms with Crippen LogP contribution in [0.15, 0.2) is 60.7 Å². The monoisotopic (exact) mass is 424 g/mol. The molecule has 3 aromatic carbocycles. The van der Waals surface area contributed by atoms with Gasteiger partial charge in [0.15, 0.2) is 5.82 Å². The van der Waals surface area contributed by atoms with Gasteiger partial charge in [0.25, 0.3) is 11.8 Å². The van der Waals surface area contributed by atoms with Crippen molar-refractivity contribution in [3.8, 4) is 11.1 Å². The molecule has 9 heteroatoms. The molecule has 0 aliphatic carbocycles. The number of carbonyl (C=O) groups is 2. The second-order valence-electron chi connectivity index (χ2n) is 6.43. The number of H-pyrrole nitrogens is 1. The Bertz CT molecular complexity index is 1270. The summed E-state index contributed by atoms with van der Waals surface area (Å²) in [6.45, 7) is 0. The highest BCUT2D eigenvalue weighted by molar-refractivity contribution is 6.30. The van der Waals surface area contributed by atoms with Crippen molar-refractivity contribution in [1.82, 2.24) is 15.7 Å². The zero-order valence-corrected chi connectivity index (χ0v) is 16.0. The predicted octanol–water partition coefficient (Wildman–Crippen LogP) is 4.39. The molecule has 0 spiro atoms. The summed E-state index contributed by atoms with van der Waals surface area (Å²) in [4.78, 5) is 23.9. The van der Waals surface area contributed by atoms with Gasteiger partial charge in [-0.05, 0) is 59.7 Å². The van der Waals surface area contributed by atoms with E-state index in [1.165, 1.54) is 41.9 Å². The van der Waals surface area contributed by atoms with Crippen molar-refractivity contribution in [2.24, 2.45) is 0 Å². The molecule has 0 aliphatic heterocycles. The minimum Gasteiger partial charge on any atom is -0.305 e. The normalized spacial score (nSPS) is 10.8. The lowest BCUT2D eigenvalue weighted by molar-refractivity contribution is 0.0706. The maximum absolute atomic E-state index is 13.7. The largest absolute Gasteiger partial charge is 0.305 e. The fourth-order valence-electron chi connectivity index (χ4n) is 2.99. The molecule has 30 heavy (non-hydrogen) atoms. The Hall–Kier alpha value is -3.75. The number of amides is 2. The molecular formula is C21H14ClFN4O3. The number of hydrogen-bond acceptors (Lipinski definition) is 4. The van der Waals surface area contributed by atoms with Crippen molar-refractivity contribution >= 4 is 40.1 Å². The van der Waals surface area contributed by atoms with Crippen molar-refractivity contribution in [2.45, 2.75) is 0 Å². The Labute approximate surface area is 174 Å². The molecule has 7 nitrogen and oxygen atoms in total. The van der Waals surface area contributed by atoms with Gasteiger partial charge in [-0.3, -0.25) is 19.9 Å². The topological polar surface area (TPSA) is 107 Å². The van der Waals surface area contributed by atoms with Crippen LogP contribution in [0.5, 0.6) is 0 Å². The maximum Gasteiger partial charge on any atom is 0.274 e.